The van der Waals surface area contributed by atoms with Crippen LogP contribution in [0.1, 0.15) is 5.56 Å². The molecule has 0 amide bonds. The molecule has 2 aromatic carbocycles. The van der Waals surface area contributed by atoms with Crippen LogP contribution in [-0.2, 0) is 5.75 Å². The third-order valence-corrected chi connectivity index (χ3v) is 3.44. The lowest BCUT2D eigenvalue weighted by Gasteiger charge is -2.02. The molecule has 0 bridgehead atoms. The highest BCUT2D eigenvalue weighted by molar-refractivity contribution is 7.98. The second-order valence-corrected chi connectivity index (χ2v) is 4.58. The normalized spacial score (nSPS) is 10.3. The third-order valence-electron chi connectivity index (χ3n) is 2.31. The fourth-order valence-electron chi connectivity index (χ4n) is 1.41. The van der Waals surface area contributed by atoms with E-state index in [1.54, 1.807) is 24.3 Å². The van der Waals surface area contributed by atoms with E-state index in [-0.39, 0.29) is 11.5 Å². The van der Waals surface area contributed by atoms with Gasteiger partial charge < -0.3 is 0 Å². The topological polar surface area (TPSA) is 43.1 Å². The molecule has 0 aliphatic carbocycles. The summed E-state index contributed by atoms with van der Waals surface area (Å²) in [5.41, 5.74) is 0.966. The number of rotatable bonds is 4. The number of hydrogen-bond acceptors (Lipinski definition) is 3. The summed E-state index contributed by atoms with van der Waals surface area (Å²) in [7, 11) is 0. The van der Waals surface area contributed by atoms with Crippen LogP contribution in [0.3, 0.4) is 0 Å². The second-order valence-electron chi connectivity index (χ2n) is 3.57. The highest BCUT2D eigenvalue weighted by Crippen LogP contribution is 2.30. The molecule has 0 saturated carbocycles. The third kappa shape index (κ3) is 3.07. The van der Waals surface area contributed by atoms with Crippen LogP contribution in [0.2, 0.25) is 0 Å². The Morgan fingerprint density at radius 2 is 2.00 bits per heavy atom. The number of benzene rings is 2. The Kier molecular flexibility index (Phi) is 3.94. The van der Waals surface area contributed by atoms with Gasteiger partial charge in [0.2, 0.25) is 0 Å². The van der Waals surface area contributed by atoms with Gasteiger partial charge >= 0.3 is 0 Å². The first-order valence-corrected chi connectivity index (χ1v) is 6.17. The first-order valence-electron chi connectivity index (χ1n) is 5.18. The highest BCUT2D eigenvalue weighted by Gasteiger charge is 2.12. The van der Waals surface area contributed by atoms with E-state index in [2.05, 4.69) is 6.07 Å². The van der Waals surface area contributed by atoms with Crippen LogP contribution in [0, 0.1) is 22.0 Å². The van der Waals surface area contributed by atoms with E-state index in [9.17, 15) is 14.5 Å². The van der Waals surface area contributed by atoms with E-state index in [4.69, 9.17) is 0 Å². The van der Waals surface area contributed by atoms with Crippen LogP contribution in [0.5, 0.6) is 0 Å². The van der Waals surface area contributed by atoms with Crippen molar-refractivity contribution in [2.75, 3.05) is 0 Å². The Morgan fingerprint density at radius 1 is 1.28 bits per heavy atom. The molecule has 0 fully saturated rings. The van der Waals surface area contributed by atoms with Crippen molar-refractivity contribution in [3.05, 3.63) is 70.0 Å². The second kappa shape index (κ2) is 5.64. The van der Waals surface area contributed by atoms with Gasteiger partial charge in [0.1, 0.15) is 5.82 Å². The Morgan fingerprint density at radius 3 is 2.67 bits per heavy atom. The minimum absolute atomic E-state index is 0.0459. The molecule has 0 unspecified atom stereocenters. The van der Waals surface area contributed by atoms with Gasteiger partial charge in [0.25, 0.3) is 5.69 Å². The molecule has 18 heavy (non-hydrogen) atoms. The number of thioether (sulfide) groups is 1. The van der Waals surface area contributed by atoms with Crippen LogP contribution in [-0.4, -0.2) is 4.92 Å². The summed E-state index contributed by atoms with van der Waals surface area (Å²) >= 11 is 1.35. The molecule has 91 valence electrons. The van der Waals surface area contributed by atoms with Gasteiger partial charge in [-0.1, -0.05) is 18.2 Å². The molecule has 0 aliphatic heterocycles. The van der Waals surface area contributed by atoms with Crippen LogP contribution in [0.4, 0.5) is 10.1 Å². The Bertz CT molecular complexity index is 557. The SMILES string of the molecule is O=[N+]([O-])c1c[c]ccc1SCc1ccc(F)cc1. The van der Waals surface area contributed by atoms with Crippen LogP contribution in [0.25, 0.3) is 0 Å². The standard InChI is InChI=1S/C13H9FNO2S/c14-11-7-5-10(6-8-11)9-18-13-4-2-1-3-12(13)15(16)17/h2-8H,9H2. The fourth-order valence-corrected chi connectivity index (χ4v) is 2.37. The average Bonchev–Trinajstić information content (AvgIpc) is 2.38. The summed E-state index contributed by atoms with van der Waals surface area (Å²) in [4.78, 5) is 11.0. The summed E-state index contributed by atoms with van der Waals surface area (Å²) < 4.78 is 12.7. The van der Waals surface area contributed by atoms with Crippen molar-refractivity contribution in [1.29, 1.82) is 0 Å². The van der Waals surface area contributed by atoms with Crippen molar-refractivity contribution in [3.63, 3.8) is 0 Å². The molecule has 2 rings (SSSR count). The molecular weight excluding hydrogens is 253 g/mol. The molecule has 0 heterocycles. The van der Waals surface area contributed by atoms with Gasteiger partial charge in [-0.2, -0.15) is 0 Å². The lowest BCUT2D eigenvalue weighted by Crippen LogP contribution is -1.90. The van der Waals surface area contributed by atoms with Crippen LogP contribution >= 0.6 is 11.8 Å². The molecule has 0 N–H and O–H groups in total. The lowest BCUT2D eigenvalue weighted by atomic mass is 10.2. The molecule has 5 heteroatoms. The summed E-state index contributed by atoms with van der Waals surface area (Å²) in [5, 5.41) is 10.8. The van der Waals surface area contributed by atoms with Crippen molar-refractivity contribution >= 4 is 17.4 Å². The summed E-state index contributed by atoms with van der Waals surface area (Å²) in [6, 6.07) is 13.4. The predicted octanol–water partition coefficient (Wildman–Crippen LogP) is 3.83. The zero-order valence-corrected chi connectivity index (χ0v) is 10.1. The molecule has 0 saturated heterocycles. The number of halogens is 1. The lowest BCUT2D eigenvalue weighted by molar-refractivity contribution is -0.387. The summed E-state index contributed by atoms with van der Waals surface area (Å²) in [6.45, 7) is 0. The van der Waals surface area contributed by atoms with Crippen molar-refractivity contribution in [3.8, 4) is 0 Å². The molecule has 1 radical (unpaired) electrons. The van der Waals surface area contributed by atoms with Gasteiger partial charge in [-0.15, -0.1) is 11.8 Å². The minimum atomic E-state index is -0.427. The fraction of sp³-hybridized carbons (Fsp3) is 0.0769. The van der Waals surface area contributed by atoms with Crippen LogP contribution in [0.15, 0.2) is 47.4 Å². The Balaban J connectivity index is 2.10. The molecule has 3 nitrogen and oxygen atoms in total. The van der Waals surface area contributed by atoms with Crippen molar-refractivity contribution in [2.24, 2.45) is 0 Å². The van der Waals surface area contributed by atoms with Crippen molar-refractivity contribution < 1.29 is 9.31 Å². The van der Waals surface area contributed by atoms with Gasteiger partial charge in [-0.25, -0.2) is 4.39 Å². The highest BCUT2D eigenvalue weighted by atomic mass is 32.2. The van der Waals surface area contributed by atoms with E-state index in [1.807, 2.05) is 0 Å². The predicted molar refractivity (Wildman–Crippen MR) is 67.9 cm³/mol. The van der Waals surface area contributed by atoms with E-state index >= 15 is 0 Å². The van der Waals surface area contributed by atoms with Crippen molar-refractivity contribution in [2.45, 2.75) is 10.6 Å². The van der Waals surface area contributed by atoms with Gasteiger partial charge in [-0.3, -0.25) is 10.1 Å². The van der Waals surface area contributed by atoms with E-state index < -0.39 is 4.92 Å². The number of hydrogen-bond donors (Lipinski definition) is 0. The maximum atomic E-state index is 12.7. The molecule has 0 atom stereocenters. The maximum Gasteiger partial charge on any atom is 0.283 e. The van der Waals surface area contributed by atoms with Gasteiger partial charge in [-0.05, 0) is 29.8 Å². The number of nitro benzene ring substituents is 1. The zero-order valence-electron chi connectivity index (χ0n) is 9.30. The smallest absolute Gasteiger partial charge is 0.258 e. The van der Waals surface area contributed by atoms with E-state index in [0.29, 0.717) is 10.6 Å². The van der Waals surface area contributed by atoms with Crippen molar-refractivity contribution in [1.82, 2.24) is 0 Å². The minimum Gasteiger partial charge on any atom is -0.258 e. The van der Waals surface area contributed by atoms with Crippen LogP contribution < -0.4 is 0 Å². The average molecular weight is 262 g/mol. The summed E-state index contributed by atoms with van der Waals surface area (Å²) in [6.07, 6.45) is 0. The van der Waals surface area contributed by atoms with E-state index in [0.717, 1.165) is 5.56 Å². The van der Waals surface area contributed by atoms with Gasteiger partial charge in [0.15, 0.2) is 0 Å². The number of nitro groups is 1. The first kappa shape index (κ1) is 12.6. The Hall–Kier alpha value is -1.88. The monoisotopic (exact) mass is 262 g/mol. The van der Waals surface area contributed by atoms with Gasteiger partial charge in [0, 0.05) is 11.8 Å². The largest absolute Gasteiger partial charge is 0.283 e. The Labute approximate surface area is 108 Å². The quantitative estimate of drug-likeness (QED) is 0.478. The number of nitrogens with zero attached hydrogens (tertiary/aromatic N) is 1. The first-order chi connectivity index (χ1) is 8.66. The molecule has 0 spiro atoms. The van der Waals surface area contributed by atoms with Gasteiger partial charge in [0.05, 0.1) is 9.82 Å². The molecule has 0 aromatic heterocycles. The molecule has 0 aliphatic rings. The summed E-state index contributed by atoms with van der Waals surface area (Å²) in [5.74, 6) is 0.273. The zero-order chi connectivity index (χ0) is 13.0. The maximum absolute atomic E-state index is 12.7. The molecule has 2 aromatic rings. The van der Waals surface area contributed by atoms with E-state index in [1.165, 1.54) is 30.0 Å². The molecular formula is C13H9FNO2S.